The molecule has 18 heavy (non-hydrogen) atoms. The molecule has 1 aliphatic rings. The zero-order valence-corrected chi connectivity index (χ0v) is 11.8. The molecule has 0 aliphatic heterocycles. The van der Waals surface area contributed by atoms with Crippen molar-refractivity contribution < 1.29 is 9.90 Å². The van der Waals surface area contributed by atoms with Gasteiger partial charge in [-0.1, -0.05) is 12.8 Å². The number of thiazole rings is 1. The molecule has 1 saturated carbocycles. The van der Waals surface area contributed by atoms with Crippen LogP contribution < -0.4 is 5.32 Å². The summed E-state index contributed by atoms with van der Waals surface area (Å²) in [7, 11) is 0. The van der Waals surface area contributed by atoms with Crippen molar-refractivity contribution in [1.82, 2.24) is 10.3 Å². The Hall–Kier alpha value is -0.940. The predicted octanol–water partition coefficient (Wildman–Crippen LogP) is 2.07. The minimum Gasteiger partial charge on any atom is -0.389 e. The summed E-state index contributed by atoms with van der Waals surface area (Å²) in [6, 6.07) is 0. The molecule has 0 unspecified atom stereocenters. The molecule has 0 atom stereocenters. The van der Waals surface area contributed by atoms with Gasteiger partial charge in [-0.15, -0.1) is 11.3 Å². The lowest BCUT2D eigenvalue weighted by molar-refractivity contribution is -0.126. The number of nitrogens with one attached hydrogen (secondary N) is 1. The van der Waals surface area contributed by atoms with Gasteiger partial charge in [0.25, 0.3) is 0 Å². The molecule has 1 amide bonds. The van der Waals surface area contributed by atoms with E-state index in [0.717, 1.165) is 41.3 Å². The van der Waals surface area contributed by atoms with Gasteiger partial charge in [-0.05, 0) is 26.7 Å². The summed E-state index contributed by atoms with van der Waals surface area (Å²) in [5.41, 5.74) is 0.168. The molecule has 1 heterocycles. The maximum Gasteiger partial charge on any atom is 0.223 e. The molecule has 1 aromatic heterocycles. The molecule has 0 spiro atoms. The van der Waals surface area contributed by atoms with Crippen LogP contribution in [0.4, 0.5) is 0 Å². The highest BCUT2D eigenvalue weighted by Crippen LogP contribution is 2.32. The van der Waals surface area contributed by atoms with Crippen molar-refractivity contribution in [2.45, 2.75) is 58.1 Å². The topological polar surface area (TPSA) is 62.2 Å². The molecule has 0 aromatic carbocycles. The highest BCUT2D eigenvalue weighted by Gasteiger charge is 2.33. The van der Waals surface area contributed by atoms with Gasteiger partial charge in [-0.2, -0.15) is 0 Å². The van der Waals surface area contributed by atoms with E-state index in [1.165, 1.54) is 0 Å². The first-order valence-electron chi connectivity index (χ1n) is 6.40. The Balaban J connectivity index is 1.83. The van der Waals surface area contributed by atoms with E-state index in [0.29, 0.717) is 6.54 Å². The molecule has 0 bridgehead atoms. The Morgan fingerprint density at radius 3 is 2.67 bits per heavy atom. The van der Waals surface area contributed by atoms with E-state index in [1.807, 2.05) is 13.8 Å². The molecule has 1 aromatic rings. The molecule has 5 heteroatoms. The van der Waals surface area contributed by atoms with Crippen molar-refractivity contribution in [1.29, 1.82) is 0 Å². The smallest absolute Gasteiger partial charge is 0.223 e. The van der Waals surface area contributed by atoms with Crippen LogP contribution in [0.2, 0.25) is 0 Å². The molecule has 100 valence electrons. The fraction of sp³-hybridized carbons (Fsp3) is 0.692. The van der Waals surface area contributed by atoms with E-state index in [1.54, 1.807) is 11.3 Å². The number of aryl methyl sites for hydroxylation is 2. The van der Waals surface area contributed by atoms with Crippen molar-refractivity contribution in [2.75, 3.05) is 0 Å². The SMILES string of the molecule is Cc1nc(CNC(=O)CC2(O)CCCC2)c(C)s1. The quantitative estimate of drug-likeness (QED) is 0.878. The first-order valence-corrected chi connectivity index (χ1v) is 7.22. The Kier molecular flexibility index (Phi) is 4.02. The molecule has 0 radical (unpaired) electrons. The fourth-order valence-electron chi connectivity index (χ4n) is 2.49. The third-order valence-electron chi connectivity index (χ3n) is 3.48. The number of rotatable bonds is 4. The fourth-order valence-corrected chi connectivity index (χ4v) is 3.32. The van der Waals surface area contributed by atoms with Gasteiger partial charge in [0.15, 0.2) is 0 Å². The minimum atomic E-state index is -0.767. The second kappa shape index (κ2) is 5.36. The van der Waals surface area contributed by atoms with Gasteiger partial charge in [0.05, 0.1) is 29.3 Å². The molecule has 2 N–H and O–H groups in total. The van der Waals surface area contributed by atoms with Crippen molar-refractivity contribution >= 4 is 17.2 Å². The van der Waals surface area contributed by atoms with Crippen molar-refractivity contribution in [3.63, 3.8) is 0 Å². The van der Waals surface area contributed by atoms with Crippen LogP contribution in [-0.4, -0.2) is 21.6 Å². The Morgan fingerprint density at radius 2 is 2.11 bits per heavy atom. The Morgan fingerprint density at radius 1 is 1.44 bits per heavy atom. The lowest BCUT2D eigenvalue weighted by Crippen LogP contribution is -2.34. The van der Waals surface area contributed by atoms with Crippen LogP contribution in [0.15, 0.2) is 0 Å². The van der Waals surface area contributed by atoms with E-state index < -0.39 is 5.60 Å². The van der Waals surface area contributed by atoms with E-state index in [4.69, 9.17) is 0 Å². The molecule has 2 rings (SSSR count). The summed E-state index contributed by atoms with van der Waals surface area (Å²) in [5, 5.41) is 14.0. The molecule has 4 nitrogen and oxygen atoms in total. The van der Waals surface area contributed by atoms with Crippen LogP contribution in [0, 0.1) is 13.8 Å². The zero-order valence-electron chi connectivity index (χ0n) is 11.0. The van der Waals surface area contributed by atoms with Crippen molar-refractivity contribution in [3.8, 4) is 0 Å². The predicted molar refractivity (Wildman–Crippen MR) is 71.5 cm³/mol. The number of carbonyl (C=O) groups is 1. The summed E-state index contributed by atoms with van der Waals surface area (Å²) in [6.45, 7) is 4.44. The van der Waals surface area contributed by atoms with Crippen molar-refractivity contribution in [3.05, 3.63) is 15.6 Å². The molecule has 1 aliphatic carbocycles. The van der Waals surface area contributed by atoms with Crippen LogP contribution in [0.5, 0.6) is 0 Å². The normalized spacial score (nSPS) is 17.9. The second-order valence-electron chi connectivity index (χ2n) is 5.12. The number of nitrogens with zero attached hydrogens (tertiary/aromatic N) is 1. The van der Waals surface area contributed by atoms with E-state index in [9.17, 15) is 9.90 Å². The van der Waals surface area contributed by atoms with Gasteiger partial charge in [0, 0.05) is 4.88 Å². The van der Waals surface area contributed by atoms with Gasteiger partial charge < -0.3 is 10.4 Å². The van der Waals surface area contributed by atoms with Crippen molar-refractivity contribution in [2.24, 2.45) is 0 Å². The molecular formula is C13H20N2O2S. The van der Waals surface area contributed by atoms with Gasteiger partial charge in [0.1, 0.15) is 0 Å². The summed E-state index contributed by atoms with van der Waals surface area (Å²) in [5.74, 6) is -0.0792. The Labute approximate surface area is 111 Å². The molecule has 1 fully saturated rings. The monoisotopic (exact) mass is 268 g/mol. The number of carbonyl (C=O) groups excluding carboxylic acids is 1. The molecule has 0 saturated heterocycles. The average Bonchev–Trinajstić information content (AvgIpc) is 2.82. The lowest BCUT2D eigenvalue weighted by Gasteiger charge is -2.20. The summed E-state index contributed by atoms with van der Waals surface area (Å²) >= 11 is 1.64. The number of hydrogen-bond acceptors (Lipinski definition) is 4. The first-order chi connectivity index (χ1) is 8.48. The van der Waals surface area contributed by atoms with Crippen LogP contribution in [0.1, 0.15) is 47.7 Å². The summed E-state index contributed by atoms with van der Waals surface area (Å²) in [6.07, 6.45) is 3.75. The van der Waals surface area contributed by atoms with Gasteiger partial charge in [-0.25, -0.2) is 4.98 Å². The first kappa shape index (κ1) is 13.5. The maximum absolute atomic E-state index is 11.8. The number of hydrogen-bond donors (Lipinski definition) is 2. The van der Waals surface area contributed by atoms with Crippen LogP contribution in [-0.2, 0) is 11.3 Å². The standard InChI is InChI=1S/C13H20N2O2S/c1-9-11(15-10(2)18-9)8-14-12(16)7-13(17)5-3-4-6-13/h17H,3-8H2,1-2H3,(H,14,16). The van der Waals surface area contributed by atoms with E-state index in [2.05, 4.69) is 10.3 Å². The third-order valence-corrected chi connectivity index (χ3v) is 4.40. The third kappa shape index (κ3) is 3.29. The number of aromatic nitrogens is 1. The van der Waals surface area contributed by atoms with Crippen LogP contribution in [0.25, 0.3) is 0 Å². The van der Waals surface area contributed by atoms with Gasteiger partial charge in [0.2, 0.25) is 5.91 Å². The van der Waals surface area contributed by atoms with Crippen LogP contribution in [0.3, 0.4) is 0 Å². The van der Waals surface area contributed by atoms with Crippen LogP contribution >= 0.6 is 11.3 Å². The highest BCUT2D eigenvalue weighted by molar-refractivity contribution is 7.11. The Bertz CT molecular complexity index is 436. The van der Waals surface area contributed by atoms with E-state index >= 15 is 0 Å². The second-order valence-corrected chi connectivity index (χ2v) is 6.53. The molecular weight excluding hydrogens is 248 g/mol. The number of amides is 1. The largest absolute Gasteiger partial charge is 0.389 e. The zero-order chi connectivity index (χ0) is 13.2. The minimum absolute atomic E-state index is 0.0792. The van der Waals surface area contributed by atoms with E-state index in [-0.39, 0.29) is 12.3 Å². The lowest BCUT2D eigenvalue weighted by atomic mass is 9.98. The van der Waals surface area contributed by atoms with Gasteiger partial charge in [-0.3, -0.25) is 4.79 Å². The highest BCUT2D eigenvalue weighted by atomic mass is 32.1. The summed E-state index contributed by atoms with van der Waals surface area (Å²) in [4.78, 5) is 17.3. The average molecular weight is 268 g/mol. The maximum atomic E-state index is 11.8. The summed E-state index contributed by atoms with van der Waals surface area (Å²) < 4.78 is 0. The van der Waals surface area contributed by atoms with Gasteiger partial charge >= 0.3 is 0 Å². The number of aliphatic hydroxyl groups is 1.